The number of hydrogen-bond donors (Lipinski definition) is 1. The van der Waals surface area contributed by atoms with Crippen LogP contribution in [0.2, 0.25) is 0 Å². The van der Waals surface area contributed by atoms with Crippen molar-refractivity contribution in [1.29, 1.82) is 0 Å². The second-order valence-corrected chi connectivity index (χ2v) is 5.94. The highest BCUT2D eigenvalue weighted by atomic mass is 79.9. The molecule has 94 valence electrons. The van der Waals surface area contributed by atoms with Gasteiger partial charge in [-0.2, -0.15) is 0 Å². The number of nitrogens with zero attached hydrogens (tertiary/aromatic N) is 1. The van der Waals surface area contributed by atoms with Crippen molar-refractivity contribution in [3.05, 3.63) is 39.1 Å². The van der Waals surface area contributed by atoms with Gasteiger partial charge in [-0.15, -0.1) is 11.3 Å². The Hall–Kier alpha value is -1.20. The van der Waals surface area contributed by atoms with Crippen LogP contribution in [0.4, 0.5) is 0 Å². The highest BCUT2D eigenvalue weighted by molar-refractivity contribution is 9.10. The Morgan fingerprint density at radius 3 is 2.72 bits per heavy atom. The van der Waals surface area contributed by atoms with E-state index >= 15 is 0 Å². The maximum atomic E-state index is 10.8. The first kappa shape index (κ1) is 13.2. The zero-order valence-electron chi connectivity index (χ0n) is 9.76. The highest BCUT2D eigenvalue weighted by Crippen LogP contribution is 2.24. The van der Waals surface area contributed by atoms with Crippen molar-refractivity contribution in [2.75, 3.05) is 0 Å². The molecule has 3 nitrogen and oxygen atoms in total. The van der Waals surface area contributed by atoms with Gasteiger partial charge in [-0.25, -0.2) is 4.98 Å². The molecule has 0 saturated carbocycles. The van der Waals surface area contributed by atoms with E-state index < -0.39 is 11.9 Å². The normalized spacial score (nSPS) is 12.3. The van der Waals surface area contributed by atoms with Gasteiger partial charge < -0.3 is 5.11 Å². The molecule has 0 amide bonds. The monoisotopic (exact) mass is 325 g/mol. The summed E-state index contributed by atoms with van der Waals surface area (Å²) in [6.07, 6.45) is 0.483. The standard InChI is InChI=1S/C13H12BrNO2S/c1-8(13(16)17)6-12-15-11(7-18-12)9-2-4-10(14)5-3-9/h2-5,7-8H,6H2,1H3,(H,16,17). The van der Waals surface area contributed by atoms with Gasteiger partial charge in [0.2, 0.25) is 0 Å². The van der Waals surface area contributed by atoms with E-state index in [0.29, 0.717) is 6.42 Å². The molecule has 0 aliphatic rings. The molecule has 2 aromatic rings. The zero-order chi connectivity index (χ0) is 13.1. The summed E-state index contributed by atoms with van der Waals surface area (Å²) in [5, 5.41) is 11.7. The van der Waals surface area contributed by atoms with Gasteiger partial charge in [-0.05, 0) is 12.1 Å². The molecule has 5 heteroatoms. The summed E-state index contributed by atoms with van der Waals surface area (Å²) in [4.78, 5) is 15.3. The summed E-state index contributed by atoms with van der Waals surface area (Å²) >= 11 is 4.90. The van der Waals surface area contributed by atoms with E-state index in [9.17, 15) is 4.79 Å². The molecule has 0 fully saturated rings. The van der Waals surface area contributed by atoms with E-state index in [1.807, 2.05) is 29.6 Å². The first-order chi connectivity index (χ1) is 8.56. The van der Waals surface area contributed by atoms with Crippen LogP contribution in [0.25, 0.3) is 11.3 Å². The maximum Gasteiger partial charge on any atom is 0.306 e. The van der Waals surface area contributed by atoms with Crippen molar-refractivity contribution in [2.45, 2.75) is 13.3 Å². The molecule has 0 spiro atoms. The van der Waals surface area contributed by atoms with Crippen molar-refractivity contribution < 1.29 is 9.90 Å². The fourth-order valence-electron chi connectivity index (χ4n) is 1.51. The fourth-order valence-corrected chi connectivity index (χ4v) is 2.71. The van der Waals surface area contributed by atoms with Gasteiger partial charge in [0.1, 0.15) is 0 Å². The Kier molecular flexibility index (Phi) is 4.14. The van der Waals surface area contributed by atoms with Crippen LogP contribution in [0.15, 0.2) is 34.1 Å². The molecule has 0 aliphatic carbocycles. The van der Waals surface area contributed by atoms with E-state index in [-0.39, 0.29) is 0 Å². The molecular weight excluding hydrogens is 314 g/mol. The van der Waals surface area contributed by atoms with Crippen molar-refractivity contribution in [3.8, 4) is 11.3 Å². The lowest BCUT2D eigenvalue weighted by atomic mass is 10.1. The lowest BCUT2D eigenvalue weighted by molar-refractivity contribution is -0.141. The van der Waals surface area contributed by atoms with Crippen molar-refractivity contribution in [1.82, 2.24) is 4.98 Å². The lowest BCUT2D eigenvalue weighted by Gasteiger charge is -2.01. The second-order valence-electron chi connectivity index (χ2n) is 4.08. The SMILES string of the molecule is CC(Cc1nc(-c2ccc(Br)cc2)cs1)C(=O)O. The average molecular weight is 326 g/mol. The minimum absolute atomic E-state index is 0.395. The van der Waals surface area contributed by atoms with Crippen molar-refractivity contribution in [2.24, 2.45) is 5.92 Å². The Labute approximate surface area is 118 Å². The summed E-state index contributed by atoms with van der Waals surface area (Å²) in [5.74, 6) is -1.18. The molecule has 0 radical (unpaired) electrons. The lowest BCUT2D eigenvalue weighted by Crippen LogP contribution is -2.11. The smallest absolute Gasteiger partial charge is 0.306 e. The summed E-state index contributed by atoms with van der Waals surface area (Å²) in [6, 6.07) is 7.91. The van der Waals surface area contributed by atoms with Crippen LogP contribution < -0.4 is 0 Å². The topological polar surface area (TPSA) is 50.2 Å². The quantitative estimate of drug-likeness (QED) is 0.929. The van der Waals surface area contributed by atoms with Gasteiger partial charge in [0.25, 0.3) is 0 Å². The van der Waals surface area contributed by atoms with Gasteiger partial charge in [-0.1, -0.05) is 35.0 Å². The molecule has 1 aromatic carbocycles. The van der Waals surface area contributed by atoms with Gasteiger partial charge in [0.15, 0.2) is 0 Å². The van der Waals surface area contributed by atoms with Gasteiger partial charge in [0, 0.05) is 21.8 Å². The molecule has 0 saturated heterocycles. The third kappa shape index (κ3) is 3.17. The molecule has 1 aromatic heterocycles. The summed E-state index contributed by atoms with van der Waals surface area (Å²) in [6.45, 7) is 1.70. The van der Waals surface area contributed by atoms with Crippen molar-refractivity contribution >= 4 is 33.2 Å². The number of thiazole rings is 1. The number of rotatable bonds is 4. The predicted molar refractivity (Wildman–Crippen MR) is 75.8 cm³/mol. The van der Waals surface area contributed by atoms with E-state index in [1.54, 1.807) is 6.92 Å². The van der Waals surface area contributed by atoms with E-state index in [2.05, 4.69) is 20.9 Å². The minimum Gasteiger partial charge on any atom is -0.481 e. The first-order valence-electron chi connectivity index (χ1n) is 5.49. The predicted octanol–water partition coefficient (Wildman–Crippen LogP) is 3.84. The molecule has 0 bridgehead atoms. The molecule has 1 atom stereocenters. The number of carboxylic acids is 1. The van der Waals surface area contributed by atoms with Crippen LogP contribution in [0.3, 0.4) is 0 Å². The average Bonchev–Trinajstić information content (AvgIpc) is 2.78. The molecule has 0 aliphatic heterocycles. The highest BCUT2D eigenvalue weighted by Gasteiger charge is 2.14. The van der Waals surface area contributed by atoms with Crippen LogP contribution in [-0.4, -0.2) is 16.1 Å². The van der Waals surface area contributed by atoms with Crippen LogP contribution in [0.1, 0.15) is 11.9 Å². The summed E-state index contributed by atoms with van der Waals surface area (Å²) in [7, 11) is 0. The van der Waals surface area contributed by atoms with Gasteiger partial charge in [0.05, 0.1) is 16.6 Å². The third-order valence-corrected chi connectivity index (χ3v) is 3.99. The molecular formula is C13H12BrNO2S. The van der Waals surface area contributed by atoms with E-state index in [1.165, 1.54) is 11.3 Å². The Morgan fingerprint density at radius 1 is 1.44 bits per heavy atom. The Balaban J connectivity index is 2.15. The van der Waals surface area contributed by atoms with Gasteiger partial charge >= 0.3 is 5.97 Å². The second kappa shape index (κ2) is 5.63. The van der Waals surface area contributed by atoms with Crippen LogP contribution >= 0.6 is 27.3 Å². The van der Waals surface area contributed by atoms with E-state index in [0.717, 1.165) is 20.7 Å². The number of halogens is 1. The minimum atomic E-state index is -0.782. The maximum absolute atomic E-state index is 10.8. The number of aliphatic carboxylic acids is 1. The number of carbonyl (C=O) groups is 1. The molecule has 1 N–H and O–H groups in total. The molecule has 1 unspecified atom stereocenters. The summed E-state index contributed by atoms with van der Waals surface area (Å²) < 4.78 is 1.03. The van der Waals surface area contributed by atoms with Gasteiger partial charge in [-0.3, -0.25) is 4.79 Å². The zero-order valence-corrected chi connectivity index (χ0v) is 12.2. The van der Waals surface area contributed by atoms with E-state index in [4.69, 9.17) is 5.11 Å². The van der Waals surface area contributed by atoms with Crippen molar-refractivity contribution in [3.63, 3.8) is 0 Å². The molecule has 18 heavy (non-hydrogen) atoms. The first-order valence-corrected chi connectivity index (χ1v) is 7.16. The number of carboxylic acid groups (broad SMARTS) is 1. The molecule has 1 heterocycles. The largest absolute Gasteiger partial charge is 0.481 e. The number of hydrogen-bond acceptors (Lipinski definition) is 3. The van der Waals surface area contributed by atoms with Crippen LogP contribution in [0.5, 0.6) is 0 Å². The number of benzene rings is 1. The van der Waals surface area contributed by atoms with Crippen LogP contribution in [-0.2, 0) is 11.2 Å². The summed E-state index contributed by atoms with van der Waals surface area (Å²) in [5.41, 5.74) is 1.95. The molecule has 2 rings (SSSR count). The fraction of sp³-hybridized carbons (Fsp3) is 0.231. The number of aromatic nitrogens is 1. The Morgan fingerprint density at radius 2 is 2.11 bits per heavy atom. The third-order valence-electron chi connectivity index (χ3n) is 2.59. The Bertz CT molecular complexity index is 550. The van der Waals surface area contributed by atoms with Crippen LogP contribution in [0, 0.1) is 5.92 Å².